The van der Waals surface area contributed by atoms with Gasteiger partial charge in [0, 0.05) is 6.42 Å². The van der Waals surface area contributed by atoms with Gasteiger partial charge >= 0.3 is 0 Å². The number of hydrogen-bond acceptors (Lipinski definition) is 2. The Morgan fingerprint density at radius 3 is 2.67 bits per heavy atom. The van der Waals surface area contributed by atoms with Crippen molar-refractivity contribution in [2.45, 2.75) is 25.1 Å². The maximum atomic E-state index is 10.3. The molecule has 0 saturated heterocycles. The molecule has 0 saturated carbocycles. The summed E-state index contributed by atoms with van der Waals surface area (Å²) in [6.07, 6.45) is 1.04. The molecule has 1 unspecified atom stereocenters. The molecule has 2 nitrogen and oxygen atoms in total. The van der Waals surface area contributed by atoms with Gasteiger partial charge in [-0.3, -0.25) is 0 Å². The average Bonchev–Trinajstić information content (AvgIpc) is 1.83. The third kappa shape index (κ3) is 5.80. The first-order chi connectivity index (χ1) is 4.16. The van der Waals surface area contributed by atoms with E-state index in [1.165, 1.54) is 6.92 Å². The Kier molecular flexibility index (Phi) is 4.72. The standard InChI is InChI=1S/C6H11ClO2/c1-5(9)2-3-6(7)4-8/h6,8H,2-4H2,1H3. The number of ketones is 1. The quantitative estimate of drug-likeness (QED) is 0.606. The first-order valence-corrected chi connectivity index (χ1v) is 3.35. The second kappa shape index (κ2) is 4.77. The summed E-state index contributed by atoms with van der Waals surface area (Å²) in [5, 5.41) is 8.15. The number of aliphatic hydroxyl groups is 1. The van der Waals surface area contributed by atoms with E-state index in [2.05, 4.69) is 0 Å². The van der Waals surface area contributed by atoms with Gasteiger partial charge < -0.3 is 9.90 Å². The van der Waals surface area contributed by atoms with Crippen LogP contribution in [0.2, 0.25) is 0 Å². The highest BCUT2D eigenvalue weighted by Crippen LogP contribution is 2.03. The van der Waals surface area contributed by atoms with Gasteiger partial charge in [0.05, 0.1) is 12.0 Å². The van der Waals surface area contributed by atoms with Gasteiger partial charge in [0.25, 0.3) is 0 Å². The van der Waals surface area contributed by atoms with Crippen LogP contribution in [-0.2, 0) is 4.79 Å². The number of Topliss-reactive ketones (excluding diaryl/α,β-unsaturated/α-hetero) is 1. The molecule has 0 spiro atoms. The second-order valence-electron chi connectivity index (χ2n) is 2.02. The van der Waals surface area contributed by atoms with E-state index in [0.717, 1.165) is 0 Å². The molecule has 1 atom stereocenters. The van der Waals surface area contributed by atoms with Crippen molar-refractivity contribution < 1.29 is 9.90 Å². The molecule has 0 aliphatic heterocycles. The average molecular weight is 151 g/mol. The number of rotatable bonds is 4. The maximum Gasteiger partial charge on any atom is 0.129 e. The Labute approximate surface area is 59.8 Å². The highest BCUT2D eigenvalue weighted by molar-refractivity contribution is 6.20. The van der Waals surface area contributed by atoms with Crippen LogP contribution in [0.1, 0.15) is 19.8 Å². The molecule has 0 radical (unpaired) electrons. The first kappa shape index (κ1) is 8.92. The Morgan fingerprint density at radius 1 is 1.78 bits per heavy atom. The maximum absolute atomic E-state index is 10.3. The van der Waals surface area contributed by atoms with Crippen LogP contribution in [-0.4, -0.2) is 22.9 Å². The smallest absolute Gasteiger partial charge is 0.129 e. The van der Waals surface area contributed by atoms with E-state index in [1.54, 1.807) is 0 Å². The molecule has 0 aliphatic rings. The molecule has 0 fully saturated rings. The van der Waals surface area contributed by atoms with Gasteiger partial charge in [0.15, 0.2) is 0 Å². The van der Waals surface area contributed by atoms with Gasteiger partial charge in [0.1, 0.15) is 5.78 Å². The predicted molar refractivity (Wildman–Crippen MR) is 36.6 cm³/mol. The van der Waals surface area contributed by atoms with Crippen LogP contribution in [0.15, 0.2) is 0 Å². The lowest BCUT2D eigenvalue weighted by molar-refractivity contribution is -0.117. The first-order valence-electron chi connectivity index (χ1n) is 2.91. The molecule has 0 rings (SSSR count). The molecule has 0 aromatic heterocycles. The Balaban J connectivity index is 3.16. The van der Waals surface area contributed by atoms with Gasteiger partial charge in [-0.15, -0.1) is 11.6 Å². The Morgan fingerprint density at radius 2 is 2.33 bits per heavy atom. The molecule has 0 aromatic rings. The van der Waals surface area contributed by atoms with Crippen molar-refractivity contribution in [1.29, 1.82) is 0 Å². The second-order valence-corrected chi connectivity index (χ2v) is 2.64. The predicted octanol–water partition coefficient (Wildman–Crippen LogP) is 0.955. The molecule has 9 heavy (non-hydrogen) atoms. The zero-order chi connectivity index (χ0) is 7.28. The number of carbonyl (C=O) groups is 1. The van der Waals surface area contributed by atoms with E-state index in [0.29, 0.717) is 12.8 Å². The monoisotopic (exact) mass is 150 g/mol. The largest absolute Gasteiger partial charge is 0.395 e. The van der Waals surface area contributed by atoms with Crippen molar-refractivity contribution in [3.63, 3.8) is 0 Å². The molecule has 0 aromatic carbocycles. The fourth-order valence-corrected chi connectivity index (χ4v) is 0.560. The van der Waals surface area contributed by atoms with E-state index in [4.69, 9.17) is 16.7 Å². The lowest BCUT2D eigenvalue weighted by atomic mass is 10.2. The summed E-state index contributed by atoms with van der Waals surface area (Å²) in [5.41, 5.74) is 0. The van der Waals surface area contributed by atoms with Crippen LogP contribution >= 0.6 is 11.6 Å². The fourth-order valence-electron chi connectivity index (χ4n) is 0.451. The normalized spacial score (nSPS) is 13.2. The van der Waals surface area contributed by atoms with Gasteiger partial charge in [-0.2, -0.15) is 0 Å². The highest BCUT2D eigenvalue weighted by Gasteiger charge is 2.02. The van der Waals surface area contributed by atoms with Gasteiger partial charge in [0.2, 0.25) is 0 Å². The lowest BCUT2D eigenvalue weighted by Gasteiger charge is -2.00. The highest BCUT2D eigenvalue weighted by atomic mass is 35.5. The van der Waals surface area contributed by atoms with E-state index >= 15 is 0 Å². The summed E-state index contributed by atoms with van der Waals surface area (Å²) >= 11 is 5.51. The van der Waals surface area contributed by atoms with E-state index in [-0.39, 0.29) is 17.8 Å². The zero-order valence-electron chi connectivity index (χ0n) is 5.43. The van der Waals surface area contributed by atoms with Crippen LogP contribution in [0.4, 0.5) is 0 Å². The lowest BCUT2D eigenvalue weighted by Crippen LogP contribution is -2.06. The van der Waals surface area contributed by atoms with Crippen molar-refractivity contribution in [2.75, 3.05) is 6.61 Å². The number of carbonyl (C=O) groups excluding carboxylic acids is 1. The zero-order valence-corrected chi connectivity index (χ0v) is 6.19. The summed E-state index contributed by atoms with van der Waals surface area (Å²) in [6.45, 7) is 1.47. The van der Waals surface area contributed by atoms with Crippen LogP contribution in [0, 0.1) is 0 Å². The third-order valence-electron chi connectivity index (χ3n) is 1.01. The molecular formula is C6H11ClO2. The number of halogens is 1. The van der Waals surface area contributed by atoms with E-state index in [1.807, 2.05) is 0 Å². The van der Waals surface area contributed by atoms with Crippen molar-refractivity contribution in [3.05, 3.63) is 0 Å². The molecule has 1 N–H and O–H groups in total. The minimum absolute atomic E-state index is 0.0468. The Bertz CT molecular complexity index is 93.1. The molecule has 54 valence electrons. The molecule has 0 bridgehead atoms. The Hall–Kier alpha value is -0.0800. The summed E-state index contributed by atoms with van der Waals surface area (Å²) in [4.78, 5) is 10.3. The molecular weight excluding hydrogens is 140 g/mol. The topological polar surface area (TPSA) is 37.3 Å². The van der Waals surface area contributed by atoms with Crippen molar-refractivity contribution in [3.8, 4) is 0 Å². The van der Waals surface area contributed by atoms with Gasteiger partial charge in [-0.1, -0.05) is 0 Å². The van der Waals surface area contributed by atoms with Crippen molar-refractivity contribution >= 4 is 17.4 Å². The number of alkyl halides is 1. The van der Waals surface area contributed by atoms with Crippen LogP contribution < -0.4 is 0 Å². The molecule has 3 heteroatoms. The van der Waals surface area contributed by atoms with E-state index in [9.17, 15) is 4.79 Å². The fraction of sp³-hybridized carbons (Fsp3) is 0.833. The summed E-state index contributed by atoms with van der Waals surface area (Å²) in [6, 6.07) is 0. The van der Waals surface area contributed by atoms with Crippen molar-refractivity contribution in [2.24, 2.45) is 0 Å². The van der Waals surface area contributed by atoms with Gasteiger partial charge in [-0.05, 0) is 13.3 Å². The van der Waals surface area contributed by atoms with Crippen LogP contribution in [0.5, 0.6) is 0 Å². The van der Waals surface area contributed by atoms with Gasteiger partial charge in [-0.25, -0.2) is 0 Å². The van der Waals surface area contributed by atoms with Crippen molar-refractivity contribution in [1.82, 2.24) is 0 Å². The summed E-state index contributed by atoms with van der Waals surface area (Å²) < 4.78 is 0. The molecule has 0 amide bonds. The number of aliphatic hydroxyl groups excluding tert-OH is 1. The third-order valence-corrected chi connectivity index (χ3v) is 1.36. The molecule has 0 aliphatic carbocycles. The van der Waals surface area contributed by atoms with E-state index < -0.39 is 0 Å². The number of hydrogen-bond donors (Lipinski definition) is 1. The molecule has 0 heterocycles. The minimum atomic E-state index is -0.256. The summed E-state index contributed by atoms with van der Waals surface area (Å²) in [7, 11) is 0. The minimum Gasteiger partial charge on any atom is -0.395 e. The van der Waals surface area contributed by atoms with Crippen LogP contribution in [0.25, 0.3) is 0 Å². The van der Waals surface area contributed by atoms with Crippen LogP contribution in [0.3, 0.4) is 0 Å². The SMILES string of the molecule is CC(=O)CCC(Cl)CO. The summed E-state index contributed by atoms with van der Waals surface area (Å²) in [5.74, 6) is 0.120.